The van der Waals surface area contributed by atoms with E-state index in [2.05, 4.69) is 25.6 Å². The van der Waals surface area contributed by atoms with Gasteiger partial charge in [-0.2, -0.15) is 4.98 Å². The van der Waals surface area contributed by atoms with Crippen molar-refractivity contribution >= 4 is 23.9 Å². The summed E-state index contributed by atoms with van der Waals surface area (Å²) in [5.41, 5.74) is 5.46. The highest BCUT2D eigenvalue weighted by molar-refractivity contribution is 5.85. The number of methoxy groups -OCH3 is 1. The summed E-state index contributed by atoms with van der Waals surface area (Å²) in [4.78, 5) is 25.3. The van der Waals surface area contributed by atoms with E-state index in [9.17, 15) is 18.0 Å². The van der Waals surface area contributed by atoms with Crippen LogP contribution in [0.25, 0.3) is 0 Å². The minimum absolute atomic E-state index is 0. The standard InChI is InChI=1S/C21H26F3N7O2.2H2/c1-12(2)31(3)18(32)11-26-8-13(7-25)29-21-28-10-16(23)20(30-21)27-9-14-15(22)5-6-17(33-4)19(14)24;;/h5-8,10,12H,9,11,25H2,1-4H3,(H2,27,28,29,30);2*1H/b13-7+,26-8?;;. The summed E-state index contributed by atoms with van der Waals surface area (Å²) in [6.07, 6.45) is 3.36. The molecule has 0 saturated carbocycles. The SMILES string of the molecule is COc1ccc(F)c(CNc2nc(N/C(C=NCC(=O)N(C)C(C)C)=C/N)ncc2F)c1F.[HH].[HH]. The van der Waals surface area contributed by atoms with Crippen LogP contribution >= 0.6 is 0 Å². The molecule has 33 heavy (non-hydrogen) atoms. The number of carbonyl (C=O) groups is 1. The van der Waals surface area contributed by atoms with Gasteiger partial charge < -0.3 is 26.0 Å². The molecule has 0 fully saturated rings. The fourth-order valence-electron chi connectivity index (χ4n) is 2.49. The van der Waals surface area contributed by atoms with Crippen molar-refractivity contribution in [2.75, 3.05) is 31.3 Å². The van der Waals surface area contributed by atoms with Crippen LogP contribution in [0.1, 0.15) is 22.3 Å². The zero-order valence-corrected chi connectivity index (χ0v) is 18.7. The third-order valence-corrected chi connectivity index (χ3v) is 4.61. The number of ether oxygens (including phenoxy) is 1. The van der Waals surface area contributed by atoms with Crippen LogP contribution in [0.2, 0.25) is 0 Å². The van der Waals surface area contributed by atoms with Crippen LogP contribution < -0.4 is 21.1 Å². The predicted octanol–water partition coefficient (Wildman–Crippen LogP) is 3.16. The van der Waals surface area contributed by atoms with Gasteiger partial charge >= 0.3 is 0 Å². The van der Waals surface area contributed by atoms with Gasteiger partial charge in [-0.25, -0.2) is 18.2 Å². The zero-order chi connectivity index (χ0) is 24.5. The van der Waals surface area contributed by atoms with Gasteiger partial charge in [0.2, 0.25) is 11.9 Å². The summed E-state index contributed by atoms with van der Waals surface area (Å²) < 4.78 is 47.3. The normalized spacial score (nSPS) is 11.7. The number of rotatable bonds is 10. The predicted molar refractivity (Wildman–Crippen MR) is 124 cm³/mol. The lowest BCUT2D eigenvalue weighted by atomic mass is 10.2. The van der Waals surface area contributed by atoms with Gasteiger partial charge in [-0.05, 0) is 26.0 Å². The van der Waals surface area contributed by atoms with Gasteiger partial charge in [-0.1, -0.05) is 0 Å². The van der Waals surface area contributed by atoms with Crippen molar-refractivity contribution in [3.05, 3.63) is 53.2 Å². The fourth-order valence-corrected chi connectivity index (χ4v) is 2.49. The summed E-state index contributed by atoms with van der Waals surface area (Å²) in [7, 11) is 2.92. The van der Waals surface area contributed by atoms with Gasteiger partial charge in [0.15, 0.2) is 23.2 Å². The van der Waals surface area contributed by atoms with Gasteiger partial charge in [0, 0.05) is 40.5 Å². The Bertz CT molecular complexity index is 1060. The van der Waals surface area contributed by atoms with Crippen molar-refractivity contribution in [3.63, 3.8) is 0 Å². The molecule has 0 aliphatic carbocycles. The molecule has 4 N–H and O–H groups in total. The fraction of sp³-hybridized carbons (Fsp3) is 0.333. The highest BCUT2D eigenvalue weighted by atomic mass is 19.1. The Morgan fingerprint density at radius 1 is 1.33 bits per heavy atom. The van der Waals surface area contributed by atoms with Crippen molar-refractivity contribution in [1.29, 1.82) is 0 Å². The molecule has 1 aromatic carbocycles. The molecule has 2 rings (SSSR count). The summed E-state index contributed by atoms with van der Waals surface area (Å²) in [6.45, 7) is 3.27. The summed E-state index contributed by atoms with van der Waals surface area (Å²) >= 11 is 0. The first-order chi connectivity index (χ1) is 15.7. The van der Waals surface area contributed by atoms with Crippen molar-refractivity contribution in [2.24, 2.45) is 10.7 Å². The molecular weight excluding hydrogens is 439 g/mol. The number of allylic oxidation sites excluding steroid dienone is 1. The highest BCUT2D eigenvalue weighted by Crippen LogP contribution is 2.24. The molecule has 0 aliphatic heterocycles. The Hall–Kier alpha value is -3.83. The molecule has 0 unspecified atom stereocenters. The second kappa shape index (κ2) is 11.7. The number of benzene rings is 1. The quantitative estimate of drug-likeness (QED) is 0.458. The summed E-state index contributed by atoms with van der Waals surface area (Å²) in [6, 6.07) is 2.23. The number of hydrogen-bond acceptors (Lipinski definition) is 8. The number of carbonyl (C=O) groups excluding carboxylic acids is 1. The zero-order valence-electron chi connectivity index (χ0n) is 18.7. The monoisotopic (exact) mass is 469 g/mol. The topological polar surface area (TPSA) is 118 Å². The second-order valence-electron chi connectivity index (χ2n) is 7.10. The van der Waals surface area contributed by atoms with E-state index in [1.165, 1.54) is 19.5 Å². The Labute approximate surface area is 192 Å². The van der Waals surface area contributed by atoms with Gasteiger partial charge in [0.1, 0.15) is 12.4 Å². The number of halogens is 3. The molecule has 0 aliphatic rings. The molecule has 0 atom stereocenters. The first-order valence-corrected chi connectivity index (χ1v) is 9.89. The molecule has 0 radical (unpaired) electrons. The molecule has 2 aromatic rings. The molecular formula is C21H30F3N7O2. The van der Waals surface area contributed by atoms with E-state index in [1.807, 2.05) is 13.8 Å². The van der Waals surface area contributed by atoms with Crippen molar-refractivity contribution in [3.8, 4) is 5.75 Å². The maximum absolute atomic E-state index is 14.3. The molecule has 0 spiro atoms. The van der Waals surface area contributed by atoms with E-state index in [1.54, 1.807) is 11.9 Å². The van der Waals surface area contributed by atoms with E-state index in [0.717, 1.165) is 18.3 Å². The van der Waals surface area contributed by atoms with Gasteiger partial charge in [-0.15, -0.1) is 0 Å². The van der Waals surface area contributed by atoms with Crippen LogP contribution in [0.15, 0.2) is 35.2 Å². The summed E-state index contributed by atoms with van der Waals surface area (Å²) in [5.74, 6) is -3.24. The van der Waals surface area contributed by atoms with Crippen LogP contribution in [0.4, 0.5) is 24.9 Å². The van der Waals surface area contributed by atoms with Crippen LogP contribution in [0.5, 0.6) is 5.75 Å². The van der Waals surface area contributed by atoms with Crippen LogP contribution in [0.3, 0.4) is 0 Å². The van der Waals surface area contributed by atoms with Gasteiger partial charge in [0.05, 0.1) is 19.0 Å². The van der Waals surface area contributed by atoms with E-state index in [0.29, 0.717) is 0 Å². The van der Waals surface area contributed by atoms with Crippen molar-refractivity contribution < 1.29 is 25.6 Å². The number of nitrogens with one attached hydrogen (secondary N) is 2. The molecule has 1 amide bonds. The van der Waals surface area contributed by atoms with E-state index in [4.69, 9.17) is 10.5 Å². The lowest BCUT2D eigenvalue weighted by molar-refractivity contribution is -0.129. The Morgan fingerprint density at radius 3 is 2.70 bits per heavy atom. The molecule has 9 nitrogen and oxygen atoms in total. The van der Waals surface area contributed by atoms with Crippen LogP contribution in [-0.2, 0) is 11.3 Å². The minimum atomic E-state index is -0.903. The van der Waals surface area contributed by atoms with Crippen LogP contribution in [-0.4, -0.2) is 53.7 Å². The largest absolute Gasteiger partial charge is 0.494 e. The molecule has 0 bridgehead atoms. The van der Waals surface area contributed by atoms with Crippen LogP contribution in [0, 0.1) is 17.5 Å². The Balaban J connectivity index is 0.00000578. The average Bonchev–Trinajstić information content (AvgIpc) is 2.79. The lowest BCUT2D eigenvalue weighted by Crippen LogP contribution is -2.34. The molecule has 1 aromatic heterocycles. The van der Waals surface area contributed by atoms with Gasteiger partial charge in [-0.3, -0.25) is 9.79 Å². The van der Waals surface area contributed by atoms with E-state index >= 15 is 0 Å². The molecule has 12 heteroatoms. The molecule has 0 saturated heterocycles. The van der Waals surface area contributed by atoms with Gasteiger partial charge in [0.25, 0.3) is 0 Å². The number of nitrogens with two attached hydrogens (primary N) is 1. The Morgan fingerprint density at radius 2 is 2.06 bits per heavy atom. The number of anilines is 2. The number of aromatic nitrogens is 2. The lowest BCUT2D eigenvalue weighted by Gasteiger charge is -2.20. The first-order valence-electron chi connectivity index (χ1n) is 9.89. The van der Waals surface area contributed by atoms with Crippen molar-refractivity contribution in [2.45, 2.75) is 26.4 Å². The Kier molecular flexibility index (Phi) is 9.01. The summed E-state index contributed by atoms with van der Waals surface area (Å²) in [5, 5.41) is 5.26. The number of likely N-dealkylation sites (N-methyl/N-ethyl adjacent to an activating group) is 1. The smallest absolute Gasteiger partial charge is 0.244 e. The third kappa shape index (κ3) is 6.82. The minimum Gasteiger partial charge on any atom is -0.494 e. The third-order valence-electron chi connectivity index (χ3n) is 4.61. The average molecular weight is 470 g/mol. The molecule has 182 valence electrons. The first kappa shape index (κ1) is 25.4. The number of hydrogen-bond donors (Lipinski definition) is 3. The number of aliphatic imine (C=N–C) groups is 1. The molecule has 1 heterocycles. The second-order valence-corrected chi connectivity index (χ2v) is 7.10. The number of nitrogens with zero attached hydrogens (tertiary/aromatic N) is 4. The van der Waals surface area contributed by atoms with Crippen molar-refractivity contribution in [1.82, 2.24) is 14.9 Å². The maximum Gasteiger partial charge on any atom is 0.244 e. The highest BCUT2D eigenvalue weighted by Gasteiger charge is 2.16. The maximum atomic E-state index is 14.3. The number of amides is 1. The van der Waals surface area contributed by atoms with E-state index in [-0.39, 0.29) is 50.1 Å². The van der Waals surface area contributed by atoms with E-state index < -0.39 is 24.0 Å².